The number of hydrogen-bond donors (Lipinski definition) is 0. The van der Waals surface area contributed by atoms with Gasteiger partial charge in [-0.1, -0.05) is 18.2 Å². The zero-order valence-corrected chi connectivity index (χ0v) is 15.1. The molecule has 1 aromatic carbocycles. The molecule has 4 rings (SSSR count). The van der Waals surface area contributed by atoms with Crippen LogP contribution < -0.4 is 0 Å². The van der Waals surface area contributed by atoms with Crippen LogP contribution in [-0.4, -0.2) is 32.5 Å². The number of likely N-dealkylation sites (N-methyl/N-ethyl adjacent to an activating group) is 1. The zero-order chi connectivity index (χ0) is 18.3. The molecule has 0 atom stereocenters. The number of nitrogens with zero attached hydrogens (tertiary/aromatic N) is 4. The summed E-state index contributed by atoms with van der Waals surface area (Å²) in [6.07, 6.45) is 3.88. The van der Waals surface area contributed by atoms with Crippen LogP contribution in [0.5, 0.6) is 0 Å². The van der Waals surface area contributed by atoms with Crippen LogP contribution in [0.3, 0.4) is 0 Å². The molecule has 0 unspecified atom stereocenters. The lowest BCUT2D eigenvalue weighted by molar-refractivity contribution is -0.129. The zero-order valence-electron chi connectivity index (χ0n) is 15.1. The number of fused-ring (bicyclic) bond motifs is 2. The van der Waals surface area contributed by atoms with E-state index in [4.69, 9.17) is 4.42 Å². The highest BCUT2D eigenvalue weighted by Gasteiger charge is 2.17. The Morgan fingerprint density at radius 3 is 2.88 bits per heavy atom. The molecule has 1 amide bonds. The molecule has 132 valence electrons. The topological polar surface area (TPSA) is 63.6 Å². The molecule has 0 aliphatic heterocycles. The largest absolute Gasteiger partial charge is 0.464 e. The minimum absolute atomic E-state index is 0.0126. The summed E-state index contributed by atoms with van der Waals surface area (Å²) in [7, 11) is 1.78. The van der Waals surface area contributed by atoms with Crippen molar-refractivity contribution >= 4 is 22.5 Å². The van der Waals surface area contributed by atoms with Crippen molar-refractivity contribution in [2.45, 2.75) is 26.8 Å². The predicted octanol–water partition coefficient (Wildman–Crippen LogP) is 3.29. The number of hydrogen-bond acceptors (Lipinski definition) is 4. The number of furan rings is 1. The van der Waals surface area contributed by atoms with Gasteiger partial charge in [-0.15, -0.1) is 10.2 Å². The van der Waals surface area contributed by atoms with Gasteiger partial charge in [0.05, 0.1) is 19.2 Å². The molecule has 6 nitrogen and oxygen atoms in total. The van der Waals surface area contributed by atoms with Gasteiger partial charge in [-0.3, -0.25) is 9.20 Å². The monoisotopic (exact) mass is 348 g/mol. The lowest BCUT2D eigenvalue weighted by Crippen LogP contribution is -2.28. The normalized spacial score (nSPS) is 11.3. The molecular formula is C20H20N4O2. The number of pyridine rings is 1. The summed E-state index contributed by atoms with van der Waals surface area (Å²) in [6, 6.07) is 9.81. The van der Waals surface area contributed by atoms with Crippen molar-refractivity contribution in [3.05, 3.63) is 65.3 Å². The van der Waals surface area contributed by atoms with Crippen molar-refractivity contribution in [2.24, 2.45) is 0 Å². The van der Waals surface area contributed by atoms with Gasteiger partial charge in [0, 0.05) is 24.2 Å². The summed E-state index contributed by atoms with van der Waals surface area (Å²) in [5.74, 6) is 0.749. The van der Waals surface area contributed by atoms with Gasteiger partial charge in [0.2, 0.25) is 5.91 Å². The fraction of sp³-hybridized carbons (Fsp3) is 0.250. The number of aromatic nitrogens is 3. The Bertz CT molecular complexity index is 1110. The van der Waals surface area contributed by atoms with Gasteiger partial charge in [0.25, 0.3) is 0 Å². The van der Waals surface area contributed by atoms with Crippen LogP contribution in [0.15, 0.2) is 47.2 Å². The summed E-state index contributed by atoms with van der Waals surface area (Å²) in [5, 5.41) is 9.31. The van der Waals surface area contributed by atoms with Crippen molar-refractivity contribution in [2.75, 3.05) is 7.05 Å². The number of carbonyl (C=O) groups is 1. The summed E-state index contributed by atoms with van der Waals surface area (Å²) in [5.41, 5.74) is 4.84. The van der Waals surface area contributed by atoms with Crippen LogP contribution in [-0.2, 0) is 17.8 Å². The van der Waals surface area contributed by atoms with E-state index in [1.165, 1.54) is 5.56 Å². The molecule has 4 aromatic rings. The smallest absolute Gasteiger partial charge is 0.227 e. The SMILES string of the molecule is Cc1ccc2c(CC(=O)N(C)Cc3nnc4ccccn34)coc2c1C. The Balaban J connectivity index is 1.54. The standard InChI is InChI=1S/C20H20N4O2/c1-13-7-8-16-15(12-26-20(16)14(13)2)10-19(25)23(3)11-18-22-21-17-6-4-5-9-24(17)18/h4-9,12H,10-11H2,1-3H3. The third-order valence-corrected chi connectivity index (χ3v) is 4.87. The van der Waals surface area contributed by atoms with Crippen LogP contribution in [0.1, 0.15) is 22.5 Å². The van der Waals surface area contributed by atoms with Gasteiger partial charge in [0.15, 0.2) is 11.5 Å². The second kappa shape index (κ2) is 6.29. The van der Waals surface area contributed by atoms with Crippen molar-refractivity contribution in [1.29, 1.82) is 0 Å². The average molecular weight is 348 g/mol. The van der Waals surface area contributed by atoms with E-state index in [2.05, 4.69) is 23.2 Å². The minimum atomic E-state index is 0.0126. The molecule has 0 saturated heterocycles. The van der Waals surface area contributed by atoms with Crippen LogP contribution >= 0.6 is 0 Å². The number of carbonyl (C=O) groups excluding carboxylic acids is 1. The van der Waals surface area contributed by atoms with E-state index in [1.54, 1.807) is 18.2 Å². The molecule has 0 fully saturated rings. The van der Waals surface area contributed by atoms with E-state index in [0.717, 1.165) is 33.6 Å². The van der Waals surface area contributed by atoms with Crippen molar-refractivity contribution in [3.8, 4) is 0 Å². The van der Waals surface area contributed by atoms with E-state index in [1.807, 2.05) is 41.8 Å². The highest BCUT2D eigenvalue weighted by Crippen LogP contribution is 2.27. The summed E-state index contributed by atoms with van der Waals surface area (Å²) >= 11 is 0. The molecule has 0 saturated carbocycles. The van der Waals surface area contributed by atoms with Gasteiger partial charge in [-0.2, -0.15) is 0 Å². The maximum absolute atomic E-state index is 12.7. The van der Waals surface area contributed by atoms with Crippen molar-refractivity contribution in [1.82, 2.24) is 19.5 Å². The fourth-order valence-corrected chi connectivity index (χ4v) is 3.12. The minimum Gasteiger partial charge on any atom is -0.464 e. The Labute approximate surface area is 151 Å². The van der Waals surface area contributed by atoms with Crippen LogP contribution in [0, 0.1) is 13.8 Å². The van der Waals surface area contributed by atoms with Gasteiger partial charge >= 0.3 is 0 Å². The van der Waals surface area contributed by atoms with Gasteiger partial charge in [-0.25, -0.2) is 0 Å². The maximum Gasteiger partial charge on any atom is 0.227 e. The van der Waals surface area contributed by atoms with E-state index in [9.17, 15) is 4.79 Å². The number of benzene rings is 1. The predicted molar refractivity (Wildman–Crippen MR) is 98.9 cm³/mol. The lowest BCUT2D eigenvalue weighted by Gasteiger charge is -2.15. The molecule has 6 heteroatoms. The average Bonchev–Trinajstić information content (AvgIpc) is 3.23. The van der Waals surface area contributed by atoms with Crippen LogP contribution in [0.25, 0.3) is 16.6 Å². The Hall–Kier alpha value is -3.15. The molecule has 3 aromatic heterocycles. The van der Waals surface area contributed by atoms with E-state index in [0.29, 0.717) is 13.0 Å². The van der Waals surface area contributed by atoms with Gasteiger partial charge in [-0.05, 0) is 37.1 Å². The molecular weight excluding hydrogens is 328 g/mol. The molecule has 0 spiro atoms. The first-order valence-electron chi connectivity index (χ1n) is 8.53. The number of rotatable bonds is 4. The van der Waals surface area contributed by atoms with E-state index >= 15 is 0 Å². The number of amides is 1. The maximum atomic E-state index is 12.7. The fourth-order valence-electron chi connectivity index (χ4n) is 3.12. The van der Waals surface area contributed by atoms with E-state index < -0.39 is 0 Å². The third kappa shape index (κ3) is 2.73. The first kappa shape index (κ1) is 16.3. The third-order valence-electron chi connectivity index (χ3n) is 4.87. The van der Waals surface area contributed by atoms with Crippen molar-refractivity contribution in [3.63, 3.8) is 0 Å². The molecule has 26 heavy (non-hydrogen) atoms. The first-order chi connectivity index (χ1) is 12.5. The second-order valence-electron chi connectivity index (χ2n) is 6.62. The van der Waals surface area contributed by atoms with Gasteiger partial charge in [0.1, 0.15) is 5.58 Å². The lowest BCUT2D eigenvalue weighted by atomic mass is 10.0. The van der Waals surface area contributed by atoms with Crippen molar-refractivity contribution < 1.29 is 9.21 Å². The summed E-state index contributed by atoms with van der Waals surface area (Å²) in [6.45, 7) is 4.49. The summed E-state index contributed by atoms with van der Waals surface area (Å²) in [4.78, 5) is 14.4. The summed E-state index contributed by atoms with van der Waals surface area (Å²) < 4.78 is 7.60. The molecule has 0 aliphatic carbocycles. The molecule has 3 heterocycles. The molecule has 0 N–H and O–H groups in total. The Morgan fingerprint density at radius 1 is 1.19 bits per heavy atom. The van der Waals surface area contributed by atoms with Crippen LogP contribution in [0.4, 0.5) is 0 Å². The number of aryl methyl sites for hydroxylation is 2. The Morgan fingerprint density at radius 2 is 2.04 bits per heavy atom. The van der Waals surface area contributed by atoms with E-state index in [-0.39, 0.29) is 5.91 Å². The quantitative estimate of drug-likeness (QED) is 0.568. The Kier molecular flexibility index (Phi) is 3.95. The molecule has 0 aliphatic rings. The second-order valence-corrected chi connectivity index (χ2v) is 6.62. The molecule has 0 bridgehead atoms. The van der Waals surface area contributed by atoms with Gasteiger partial charge < -0.3 is 9.32 Å². The van der Waals surface area contributed by atoms with Crippen LogP contribution in [0.2, 0.25) is 0 Å². The highest BCUT2D eigenvalue weighted by atomic mass is 16.3. The highest BCUT2D eigenvalue weighted by molar-refractivity contribution is 5.89. The molecule has 0 radical (unpaired) electrons. The first-order valence-corrected chi connectivity index (χ1v) is 8.53.